The highest BCUT2D eigenvalue weighted by Gasteiger charge is 2.23. The van der Waals surface area contributed by atoms with E-state index in [1.54, 1.807) is 11.3 Å². The Kier molecular flexibility index (Phi) is 3.91. The molecule has 1 aromatic rings. The van der Waals surface area contributed by atoms with Crippen LogP contribution in [0.3, 0.4) is 0 Å². The number of hydrogen-bond donors (Lipinski definition) is 1. The van der Waals surface area contributed by atoms with Crippen LogP contribution in [0.25, 0.3) is 0 Å². The van der Waals surface area contributed by atoms with Crippen LogP contribution in [0.2, 0.25) is 0 Å². The Hall–Kier alpha value is -0.490. The summed E-state index contributed by atoms with van der Waals surface area (Å²) in [5, 5.41) is 3.29. The average Bonchev–Trinajstić information content (AvgIpc) is 2.71. The molecule has 1 aliphatic rings. The maximum absolute atomic E-state index is 5.57. The number of hydrogen-bond acceptors (Lipinski definition) is 5. The molecule has 1 atom stereocenters. The summed E-state index contributed by atoms with van der Waals surface area (Å²) < 4.78 is 0. The molecule has 1 aromatic heterocycles. The van der Waals surface area contributed by atoms with Crippen LogP contribution < -0.4 is 5.73 Å². The van der Waals surface area contributed by atoms with Gasteiger partial charge in [0, 0.05) is 44.0 Å². The summed E-state index contributed by atoms with van der Waals surface area (Å²) in [4.78, 5) is 9.36. The zero-order valence-corrected chi connectivity index (χ0v) is 10.8. The summed E-state index contributed by atoms with van der Waals surface area (Å²) in [5.74, 6) is 0. The van der Waals surface area contributed by atoms with Gasteiger partial charge in [0.15, 0.2) is 0 Å². The Balaban J connectivity index is 1.97. The van der Waals surface area contributed by atoms with Gasteiger partial charge in [-0.25, -0.2) is 4.98 Å². The van der Waals surface area contributed by atoms with E-state index < -0.39 is 0 Å². The SMILES string of the molecule is CN1CCN(C)C(Cc2nc(CN)cs2)C1. The lowest BCUT2D eigenvalue weighted by atomic mass is 10.1. The van der Waals surface area contributed by atoms with Crippen molar-refractivity contribution in [2.24, 2.45) is 5.73 Å². The lowest BCUT2D eigenvalue weighted by Gasteiger charge is -2.37. The number of nitrogens with zero attached hydrogens (tertiary/aromatic N) is 3. The molecule has 2 N–H and O–H groups in total. The van der Waals surface area contributed by atoms with E-state index in [0.29, 0.717) is 12.6 Å². The van der Waals surface area contributed by atoms with Crippen molar-refractivity contribution in [3.63, 3.8) is 0 Å². The molecular weight excluding hydrogens is 220 g/mol. The smallest absolute Gasteiger partial charge is 0.0944 e. The Morgan fingerprint density at radius 1 is 1.50 bits per heavy atom. The van der Waals surface area contributed by atoms with Crippen LogP contribution in [-0.4, -0.2) is 54.6 Å². The van der Waals surface area contributed by atoms with Crippen molar-refractivity contribution in [1.29, 1.82) is 0 Å². The second-order valence-electron chi connectivity index (χ2n) is 4.54. The molecule has 2 rings (SSSR count). The fourth-order valence-corrected chi connectivity index (χ4v) is 2.94. The van der Waals surface area contributed by atoms with Gasteiger partial charge in [-0.3, -0.25) is 0 Å². The minimum atomic E-state index is 0.552. The van der Waals surface area contributed by atoms with E-state index in [2.05, 4.69) is 34.3 Å². The molecule has 5 heteroatoms. The van der Waals surface area contributed by atoms with E-state index in [-0.39, 0.29) is 0 Å². The largest absolute Gasteiger partial charge is 0.325 e. The molecule has 1 aliphatic heterocycles. The molecule has 0 radical (unpaired) electrons. The van der Waals surface area contributed by atoms with Crippen molar-refractivity contribution in [2.75, 3.05) is 33.7 Å². The molecule has 0 amide bonds. The van der Waals surface area contributed by atoms with Crippen molar-refractivity contribution in [3.8, 4) is 0 Å². The van der Waals surface area contributed by atoms with E-state index in [1.165, 1.54) is 11.6 Å². The number of thiazole rings is 1. The molecule has 1 unspecified atom stereocenters. The number of aromatic nitrogens is 1. The first-order valence-corrected chi connectivity index (χ1v) is 6.59. The highest BCUT2D eigenvalue weighted by Crippen LogP contribution is 2.16. The molecule has 0 aromatic carbocycles. The molecule has 0 spiro atoms. The van der Waals surface area contributed by atoms with E-state index in [4.69, 9.17) is 5.73 Å². The predicted octanol–water partition coefficient (Wildman–Crippen LogP) is 0.390. The number of likely N-dealkylation sites (N-methyl/N-ethyl adjacent to an activating group) is 2. The quantitative estimate of drug-likeness (QED) is 0.830. The van der Waals surface area contributed by atoms with Crippen LogP contribution in [0.5, 0.6) is 0 Å². The summed E-state index contributed by atoms with van der Waals surface area (Å²) in [5.41, 5.74) is 6.59. The van der Waals surface area contributed by atoms with Crippen molar-refractivity contribution < 1.29 is 0 Å². The van der Waals surface area contributed by atoms with E-state index in [1.807, 2.05) is 0 Å². The molecular formula is C11H20N4S. The summed E-state index contributed by atoms with van der Waals surface area (Å²) in [6.07, 6.45) is 1.05. The predicted molar refractivity (Wildman–Crippen MR) is 67.6 cm³/mol. The first kappa shape index (κ1) is 12.0. The van der Waals surface area contributed by atoms with Crippen LogP contribution in [0.15, 0.2) is 5.38 Å². The van der Waals surface area contributed by atoms with Gasteiger partial charge in [-0.2, -0.15) is 0 Å². The highest BCUT2D eigenvalue weighted by atomic mass is 32.1. The number of nitrogens with two attached hydrogens (primary N) is 1. The normalized spacial score (nSPS) is 23.8. The summed E-state index contributed by atoms with van der Waals surface area (Å²) in [6, 6.07) is 0.593. The lowest BCUT2D eigenvalue weighted by molar-refractivity contribution is 0.114. The molecule has 0 bridgehead atoms. The molecule has 90 valence electrons. The fourth-order valence-electron chi connectivity index (χ4n) is 2.06. The zero-order valence-electron chi connectivity index (χ0n) is 10.0. The minimum Gasteiger partial charge on any atom is -0.325 e. The molecule has 0 aliphatic carbocycles. The maximum atomic E-state index is 5.57. The Bertz CT molecular complexity index is 338. The zero-order chi connectivity index (χ0) is 11.5. The topological polar surface area (TPSA) is 45.4 Å². The van der Waals surface area contributed by atoms with Gasteiger partial charge < -0.3 is 15.5 Å². The summed E-state index contributed by atoms with van der Waals surface area (Å²) >= 11 is 1.73. The van der Waals surface area contributed by atoms with E-state index in [9.17, 15) is 0 Å². The minimum absolute atomic E-state index is 0.552. The van der Waals surface area contributed by atoms with Gasteiger partial charge in [0.1, 0.15) is 0 Å². The second-order valence-corrected chi connectivity index (χ2v) is 5.48. The van der Waals surface area contributed by atoms with Crippen molar-refractivity contribution in [2.45, 2.75) is 19.0 Å². The first-order valence-electron chi connectivity index (χ1n) is 5.71. The van der Waals surface area contributed by atoms with Crippen LogP contribution >= 0.6 is 11.3 Å². The van der Waals surface area contributed by atoms with Crippen LogP contribution in [-0.2, 0) is 13.0 Å². The molecule has 1 fully saturated rings. The van der Waals surface area contributed by atoms with Crippen LogP contribution in [0, 0.1) is 0 Å². The summed E-state index contributed by atoms with van der Waals surface area (Å²) in [6.45, 7) is 4.00. The van der Waals surface area contributed by atoms with E-state index in [0.717, 1.165) is 25.2 Å². The van der Waals surface area contributed by atoms with Gasteiger partial charge in [0.2, 0.25) is 0 Å². The molecule has 1 saturated heterocycles. The van der Waals surface area contributed by atoms with Gasteiger partial charge in [-0.05, 0) is 14.1 Å². The molecule has 0 saturated carbocycles. The fraction of sp³-hybridized carbons (Fsp3) is 0.727. The van der Waals surface area contributed by atoms with Crippen LogP contribution in [0.1, 0.15) is 10.7 Å². The molecule has 16 heavy (non-hydrogen) atoms. The van der Waals surface area contributed by atoms with Gasteiger partial charge >= 0.3 is 0 Å². The lowest BCUT2D eigenvalue weighted by Crippen LogP contribution is -2.50. The first-order chi connectivity index (χ1) is 7.69. The van der Waals surface area contributed by atoms with Gasteiger partial charge in [0.05, 0.1) is 10.7 Å². The molecule has 2 heterocycles. The highest BCUT2D eigenvalue weighted by molar-refractivity contribution is 7.09. The Labute approximate surface area is 101 Å². The third-order valence-corrected chi connectivity index (χ3v) is 4.12. The average molecular weight is 240 g/mol. The van der Waals surface area contributed by atoms with Crippen molar-refractivity contribution >= 4 is 11.3 Å². The van der Waals surface area contributed by atoms with E-state index >= 15 is 0 Å². The standard InChI is InChI=1S/C11H20N4S/c1-14-3-4-15(2)10(7-14)5-11-13-9(6-12)8-16-11/h8,10H,3-7,12H2,1-2H3. The second kappa shape index (κ2) is 5.23. The Morgan fingerprint density at radius 3 is 3.00 bits per heavy atom. The van der Waals surface area contributed by atoms with Gasteiger partial charge in [0.25, 0.3) is 0 Å². The van der Waals surface area contributed by atoms with Crippen LogP contribution in [0.4, 0.5) is 0 Å². The Morgan fingerprint density at radius 2 is 2.31 bits per heavy atom. The number of rotatable bonds is 3. The number of piperazine rings is 1. The molecule has 4 nitrogen and oxygen atoms in total. The summed E-state index contributed by atoms with van der Waals surface area (Å²) in [7, 11) is 4.39. The van der Waals surface area contributed by atoms with Crippen molar-refractivity contribution in [1.82, 2.24) is 14.8 Å². The third kappa shape index (κ3) is 2.79. The monoisotopic (exact) mass is 240 g/mol. The third-order valence-electron chi connectivity index (χ3n) is 3.20. The van der Waals surface area contributed by atoms with Gasteiger partial charge in [-0.1, -0.05) is 0 Å². The van der Waals surface area contributed by atoms with Gasteiger partial charge in [-0.15, -0.1) is 11.3 Å². The maximum Gasteiger partial charge on any atom is 0.0944 e. The van der Waals surface area contributed by atoms with Crippen molar-refractivity contribution in [3.05, 3.63) is 16.1 Å².